The topological polar surface area (TPSA) is 77.8 Å². The van der Waals surface area contributed by atoms with E-state index >= 15 is 0 Å². The molecule has 0 atom stereocenters. The summed E-state index contributed by atoms with van der Waals surface area (Å²) in [5, 5.41) is 19.8. The number of aromatic hydroxyl groups is 1. The molecule has 0 bridgehead atoms. The van der Waals surface area contributed by atoms with Gasteiger partial charge < -0.3 is 15.1 Å². The molecule has 0 spiro atoms. The maximum Gasteiger partial charge on any atom is 0.336 e. The number of hydrogen-bond acceptors (Lipinski definition) is 4. The lowest BCUT2D eigenvalue weighted by Gasteiger charge is -2.24. The number of carbonyl (C=O) groups excluding carboxylic acids is 1. The summed E-state index contributed by atoms with van der Waals surface area (Å²) in [6.45, 7) is 3.41. The number of carbonyl (C=O) groups is 2. The van der Waals surface area contributed by atoms with Crippen LogP contribution >= 0.6 is 0 Å². The predicted octanol–water partition coefficient (Wildman–Crippen LogP) is 4.35. The van der Waals surface area contributed by atoms with Gasteiger partial charge in [-0.1, -0.05) is 48.5 Å². The minimum atomic E-state index is -1.18. The average Bonchev–Trinajstić information content (AvgIpc) is 2.72. The molecular formula is C23H21NO4. The summed E-state index contributed by atoms with van der Waals surface area (Å²) in [5.41, 5.74) is 1.96. The van der Waals surface area contributed by atoms with E-state index in [2.05, 4.69) is 4.90 Å². The van der Waals surface area contributed by atoms with Gasteiger partial charge in [-0.05, 0) is 30.7 Å². The second-order valence-electron chi connectivity index (χ2n) is 6.38. The highest BCUT2D eigenvalue weighted by Crippen LogP contribution is 2.28. The highest BCUT2D eigenvalue weighted by molar-refractivity contribution is 6.15. The van der Waals surface area contributed by atoms with Crippen molar-refractivity contribution in [2.75, 3.05) is 11.4 Å². The molecule has 0 aliphatic heterocycles. The Morgan fingerprint density at radius 1 is 0.857 bits per heavy atom. The molecule has 0 aliphatic rings. The Morgan fingerprint density at radius 3 is 2.11 bits per heavy atom. The molecular weight excluding hydrogens is 354 g/mol. The number of rotatable bonds is 7. The number of carboxylic acid groups (broad SMARTS) is 1. The monoisotopic (exact) mass is 375 g/mol. The van der Waals surface area contributed by atoms with E-state index in [9.17, 15) is 19.8 Å². The fourth-order valence-electron chi connectivity index (χ4n) is 3.11. The van der Waals surface area contributed by atoms with Crippen molar-refractivity contribution in [2.45, 2.75) is 13.5 Å². The lowest BCUT2D eigenvalue weighted by atomic mass is 9.97. The second kappa shape index (κ2) is 8.39. The van der Waals surface area contributed by atoms with Crippen molar-refractivity contribution in [3.63, 3.8) is 0 Å². The molecule has 2 N–H and O–H groups in total. The van der Waals surface area contributed by atoms with Crippen LogP contribution in [0.2, 0.25) is 0 Å². The van der Waals surface area contributed by atoms with E-state index in [-0.39, 0.29) is 22.4 Å². The van der Waals surface area contributed by atoms with Crippen LogP contribution in [0.4, 0.5) is 5.69 Å². The third kappa shape index (κ3) is 4.04. The lowest BCUT2D eigenvalue weighted by Crippen LogP contribution is -2.22. The molecule has 0 heterocycles. The normalized spacial score (nSPS) is 10.5. The minimum Gasteiger partial charge on any atom is -0.507 e. The van der Waals surface area contributed by atoms with Gasteiger partial charge in [0.1, 0.15) is 5.75 Å². The number of hydrogen-bond donors (Lipinski definition) is 2. The third-order valence-electron chi connectivity index (χ3n) is 4.59. The van der Waals surface area contributed by atoms with E-state index in [1.165, 1.54) is 12.1 Å². The van der Waals surface area contributed by atoms with Gasteiger partial charge in [-0.25, -0.2) is 4.79 Å². The lowest BCUT2D eigenvalue weighted by molar-refractivity contribution is 0.0692. The van der Waals surface area contributed by atoms with Crippen LogP contribution in [0.5, 0.6) is 5.75 Å². The van der Waals surface area contributed by atoms with Crippen molar-refractivity contribution in [2.24, 2.45) is 0 Å². The Balaban J connectivity index is 1.90. The molecule has 28 heavy (non-hydrogen) atoms. The zero-order valence-electron chi connectivity index (χ0n) is 15.5. The number of aromatic carboxylic acids is 1. The Kier molecular flexibility index (Phi) is 5.75. The number of ketones is 1. The van der Waals surface area contributed by atoms with Crippen molar-refractivity contribution < 1.29 is 19.8 Å². The molecule has 0 saturated heterocycles. The SMILES string of the molecule is CCN(Cc1ccccc1)c1ccc(C(=O)c2ccccc2C(=O)O)c(O)c1. The van der Waals surface area contributed by atoms with Gasteiger partial charge >= 0.3 is 5.97 Å². The van der Waals surface area contributed by atoms with Crippen LogP contribution in [0.15, 0.2) is 72.8 Å². The van der Waals surface area contributed by atoms with Gasteiger partial charge in [0.05, 0.1) is 11.1 Å². The van der Waals surface area contributed by atoms with E-state index in [1.54, 1.807) is 30.3 Å². The van der Waals surface area contributed by atoms with Crippen LogP contribution in [0.3, 0.4) is 0 Å². The fourth-order valence-corrected chi connectivity index (χ4v) is 3.11. The van der Waals surface area contributed by atoms with Crippen LogP contribution in [-0.4, -0.2) is 28.5 Å². The largest absolute Gasteiger partial charge is 0.507 e. The predicted molar refractivity (Wildman–Crippen MR) is 108 cm³/mol. The van der Waals surface area contributed by atoms with Crippen molar-refractivity contribution in [3.8, 4) is 5.75 Å². The number of carboxylic acids is 1. The zero-order chi connectivity index (χ0) is 20.1. The molecule has 0 amide bonds. The van der Waals surface area contributed by atoms with E-state index in [4.69, 9.17) is 0 Å². The van der Waals surface area contributed by atoms with Gasteiger partial charge in [0.2, 0.25) is 0 Å². The van der Waals surface area contributed by atoms with E-state index in [0.29, 0.717) is 6.54 Å². The number of phenolic OH excluding ortho intramolecular Hbond substituents is 1. The summed E-state index contributed by atoms with van der Waals surface area (Å²) in [5.74, 6) is -1.87. The Labute approximate surface area is 163 Å². The summed E-state index contributed by atoms with van der Waals surface area (Å²) in [4.78, 5) is 26.3. The Morgan fingerprint density at radius 2 is 1.50 bits per heavy atom. The summed E-state index contributed by atoms with van der Waals surface area (Å²) in [6.07, 6.45) is 0. The van der Waals surface area contributed by atoms with E-state index in [0.717, 1.165) is 17.8 Å². The smallest absolute Gasteiger partial charge is 0.336 e. The standard InChI is InChI=1S/C23H21NO4/c1-2-24(15-16-8-4-3-5-9-16)17-12-13-20(21(25)14-17)22(26)18-10-6-7-11-19(18)23(27)28/h3-14,25H,2,15H2,1H3,(H,27,28). The van der Waals surface area contributed by atoms with Crippen LogP contribution < -0.4 is 4.90 Å². The maximum absolute atomic E-state index is 12.8. The Hall–Kier alpha value is -3.60. The number of nitrogens with zero attached hydrogens (tertiary/aromatic N) is 1. The fraction of sp³-hybridized carbons (Fsp3) is 0.130. The van der Waals surface area contributed by atoms with Crippen LogP contribution in [0.25, 0.3) is 0 Å². The molecule has 0 aliphatic carbocycles. The van der Waals surface area contributed by atoms with E-state index in [1.807, 2.05) is 37.3 Å². The highest BCUT2D eigenvalue weighted by Gasteiger charge is 2.20. The van der Waals surface area contributed by atoms with Gasteiger partial charge in [-0.15, -0.1) is 0 Å². The first kappa shape index (κ1) is 19.2. The van der Waals surface area contributed by atoms with Crippen molar-refractivity contribution in [1.29, 1.82) is 0 Å². The molecule has 0 fully saturated rings. The molecule has 3 aromatic rings. The molecule has 5 nitrogen and oxygen atoms in total. The first-order valence-electron chi connectivity index (χ1n) is 9.00. The number of anilines is 1. The summed E-state index contributed by atoms with van der Waals surface area (Å²) < 4.78 is 0. The van der Waals surface area contributed by atoms with Crippen LogP contribution in [0, 0.1) is 0 Å². The number of benzene rings is 3. The van der Waals surface area contributed by atoms with Gasteiger partial charge in [-0.2, -0.15) is 0 Å². The molecule has 3 aromatic carbocycles. The maximum atomic E-state index is 12.8. The molecule has 0 radical (unpaired) electrons. The molecule has 0 saturated carbocycles. The van der Waals surface area contributed by atoms with Crippen LogP contribution in [-0.2, 0) is 6.54 Å². The molecule has 3 rings (SSSR count). The second-order valence-corrected chi connectivity index (χ2v) is 6.38. The zero-order valence-corrected chi connectivity index (χ0v) is 15.5. The first-order valence-corrected chi connectivity index (χ1v) is 9.00. The van der Waals surface area contributed by atoms with Gasteiger partial charge in [-0.3, -0.25) is 4.79 Å². The highest BCUT2D eigenvalue weighted by atomic mass is 16.4. The summed E-state index contributed by atoms with van der Waals surface area (Å²) in [6, 6.07) is 20.8. The Bertz CT molecular complexity index is 998. The van der Waals surface area contributed by atoms with Crippen molar-refractivity contribution >= 4 is 17.4 Å². The quantitative estimate of drug-likeness (QED) is 0.601. The van der Waals surface area contributed by atoms with Gasteiger partial charge in [0, 0.05) is 30.4 Å². The minimum absolute atomic E-state index is 0.0506. The average molecular weight is 375 g/mol. The molecule has 5 heteroatoms. The van der Waals surface area contributed by atoms with Gasteiger partial charge in [0.25, 0.3) is 0 Å². The van der Waals surface area contributed by atoms with Crippen molar-refractivity contribution in [1.82, 2.24) is 0 Å². The molecule has 142 valence electrons. The summed E-state index contributed by atoms with van der Waals surface area (Å²) in [7, 11) is 0. The van der Waals surface area contributed by atoms with Crippen LogP contribution in [0.1, 0.15) is 38.8 Å². The molecule has 0 unspecified atom stereocenters. The number of phenols is 1. The third-order valence-corrected chi connectivity index (χ3v) is 4.59. The van der Waals surface area contributed by atoms with Crippen molar-refractivity contribution in [3.05, 3.63) is 95.1 Å². The summed E-state index contributed by atoms with van der Waals surface area (Å²) >= 11 is 0. The van der Waals surface area contributed by atoms with E-state index < -0.39 is 11.8 Å². The first-order chi connectivity index (χ1) is 13.5. The molecule has 0 aromatic heterocycles. The van der Waals surface area contributed by atoms with Gasteiger partial charge in [0.15, 0.2) is 5.78 Å².